The second-order valence-corrected chi connectivity index (χ2v) is 6.70. The molecule has 3 rings (SSSR count). The molecule has 0 amide bonds. The van der Waals surface area contributed by atoms with Crippen LogP contribution < -0.4 is 0 Å². The fraction of sp³-hybridized carbons (Fsp3) is 0.867. The Morgan fingerprint density at radius 1 is 1.29 bits per heavy atom. The van der Waals surface area contributed by atoms with Gasteiger partial charge in [-0.1, -0.05) is 6.42 Å². The van der Waals surface area contributed by atoms with Crippen LogP contribution in [0.5, 0.6) is 0 Å². The maximum Gasteiger partial charge on any atom is 0.104 e. The van der Waals surface area contributed by atoms with E-state index in [1.165, 1.54) is 51.0 Å². The summed E-state index contributed by atoms with van der Waals surface area (Å²) in [5.74, 6) is 2.01. The standard InChI is InChI=1S/C15H25NO/c1-11-14-10-16-7-5-4-6-13(16)8-12(14)9-15(2,3)17-11/h12-13H,4-10H2,1-3H3. The zero-order valence-corrected chi connectivity index (χ0v) is 11.5. The molecule has 0 radical (unpaired) electrons. The molecule has 3 aliphatic heterocycles. The van der Waals surface area contributed by atoms with Crippen molar-refractivity contribution in [3.63, 3.8) is 0 Å². The minimum atomic E-state index is 0.0507. The van der Waals surface area contributed by atoms with Crippen LogP contribution in [-0.4, -0.2) is 29.6 Å². The van der Waals surface area contributed by atoms with Crippen LogP contribution in [0.25, 0.3) is 0 Å². The average molecular weight is 235 g/mol. The molecule has 2 unspecified atom stereocenters. The Bertz CT molecular complexity index is 345. The van der Waals surface area contributed by atoms with E-state index < -0.39 is 0 Å². The summed E-state index contributed by atoms with van der Waals surface area (Å²) < 4.78 is 6.08. The van der Waals surface area contributed by atoms with Gasteiger partial charge in [-0.05, 0) is 64.5 Å². The predicted octanol–water partition coefficient (Wildman–Crippen LogP) is 3.33. The quantitative estimate of drug-likeness (QED) is 0.638. The summed E-state index contributed by atoms with van der Waals surface area (Å²) in [7, 11) is 0. The summed E-state index contributed by atoms with van der Waals surface area (Å²) in [6.45, 7) is 9.13. The van der Waals surface area contributed by atoms with E-state index in [1.54, 1.807) is 5.57 Å². The van der Waals surface area contributed by atoms with E-state index in [0.29, 0.717) is 0 Å². The first-order valence-electron chi connectivity index (χ1n) is 7.18. The van der Waals surface area contributed by atoms with Gasteiger partial charge in [0.1, 0.15) is 5.60 Å². The van der Waals surface area contributed by atoms with Gasteiger partial charge in [0, 0.05) is 12.6 Å². The second kappa shape index (κ2) is 4.01. The minimum Gasteiger partial charge on any atom is -0.492 e. The minimum absolute atomic E-state index is 0.0507. The molecule has 0 aromatic heterocycles. The number of piperidine rings is 2. The van der Waals surface area contributed by atoms with Crippen LogP contribution >= 0.6 is 0 Å². The van der Waals surface area contributed by atoms with Gasteiger partial charge in [0.15, 0.2) is 0 Å². The molecular weight excluding hydrogens is 210 g/mol. The molecule has 96 valence electrons. The van der Waals surface area contributed by atoms with Crippen molar-refractivity contribution in [2.45, 2.75) is 64.5 Å². The molecule has 0 spiro atoms. The Morgan fingerprint density at radius 2 is 2.12 bits per heavy atom. The third-order valence-electron chi connectivity index (χ3n) is 4.79. The summed E-state index contributed by atoms with van der Waals surface area (Å²) in [5.41, 5.74) is 1.65. The van der Waals surface area contributed by atoms with Crippen LogP contribution in [0, 0.1) is 5.92 Å². The maximum absolute atomic E-state index is 6.08. The van der Waals surface area contributed by atoms with Crippen LogP contribution in [0.2, 0.25) is 0 Å². The molecule has 2 nitrogen and oxygen atoms in total. The lowest BCUT2D eigenvalue weighted by molar-refractivity contribution is -0.0228. The Hall–Kier alpha value is -0.500. The Labute approximate surface area is 105 Å². The zero-order valence-electron chi connectivity index (χ0n) is 11.5. The van der Waals surface area contributed by atoms with Gasteiger partial charge in [-0.15, -0.1) is 0 Å². The zero-order chi connectivity index (χ0) is 12.0. The van der Waals surface area contributed by atoms with Gasteiger partial charge < -0.3 is 4.74 Å². The first-order chi connectivity index (χ1) is 8.05. The fourth-order valence-corrected chi connectivity index (χ4v) is 4.07. The number of hydrogen-bond acceptors (Lipinski definition) is 2. The molecule has 0 N–H and O–H groups in total. The van der Waals surface area contributed by atoms with Crippen LogP contribution in [0.3, 0.4) is 0 Å². The van der Waals surface area contributed by atoms with E-state index in [1.807, 2.05) is 0 Å². The van der Waals surface area contributed by atoms with Crippen molar-refractivity contribution in [2.24, 2.45) is 5.92 Å². The molecule has 2 saturated heterocycles. The molecule has 0 aliphatic carbocycles. The summed E-state index contributed by atoms with van der Waals surface area (Å²) in [6.07, 6.45) is 6.83. The van der Waals surface area contributed by atoms with Crippen LogP contribution in [0.1, 0.15) is 52.9 Å². The Morgan fingerprint density at radius 3 is 2.94 bits per heavy atom. The van der Waals surface area contributed by atoms with E-state index in [4.69, 9.17) is 4.74 Å². The highest BCUT2D eigenvalue weighted by Gasteiger charge is 2.40. The molecule has 2 fully saturated rings. The second-order valence-electron chi connectivity index (χ2n) is 6.70. The fourth-order valence-electron chi connectivity index (χ4n) is 4.07. The van der Waals surface area contributed by atoms with Gasteiger partial charge in [-0.2, -0.15) is 0 Å². The average Bonchev–Trinajstić information content (AvgIpc) is 2.25. The van der Waals surface area contributed by atoms with Crippen molar-refractivity contribution in [3.8, 4) is 0 Å². The van der Waals surface area contributed by atoms with Crippen molar-refractivity contribution >= 4 is 0 Å². The van der Waals surface area contributed by atoms with E-state index in [9.17, 15) is 0 Å². The number of rotatable bonds is 0. The lowest BCUT2D eigenvalue weighted by Crippen LogP contribution is -2.49. The largest absolute Gasteiger partial charge is 0.492 e. The number of nitrogens with zero attached hydrogens (tertiary/aromatic N) is 1. The predicted molar refractivity (Wildman–Crippen MR) is 69.8 cm³/mol. The highest BCUT2D eigenvalue weighted by Crippen LogP contribution is 2.43. The molecule has 2 atom stereocenters. The number of allylic oxidation sites excluding steroid dienone is 1. The topological polar surface area (TPSA) is 12.5 Å². The highest BCUT2D eigenvalue weighted by atomic mass is 16.5. The molecule has 2 heteroatoms. The summed E-state index contributed by atoms with van der Waals surface area (Å²) >= 11 is 0. The highest BCUT2D eigenvalue weighted by molar-refractivity contribution is 5.21. The van der Waals surface area contributed by atoms with Crippen molar-refractivity contribution in [1.82, 2.24) is 4.90 Å². The molecule has 3 heterocycles. The third kappa shape index (κ3) is 2.12. The molecule has 17 heavy (non-hydrogen) atoms. The van der Waals surface area contributed by atoms with Gasteiger partial charge in [0.25, 0.3) is 0 Å². The molecule has 0 bridgehead atoms. The Kier molecular flexibility index (Phi) is 2.73. The number of fused-ring (bicyclic) bond motifs is 2. The van der Waals surface area contributed by atoms with Crippen LogP contribution in [0.4, 0.5) is 0 Å². The maximum atomic E-state index is 6.08. The van der Waals surface area contributed by atoms with E-state index in [0.717, 1.165) is 12.0 Å². The summed E-state index contributed by atoms with van der Waals surface area (Å²) in [4.78, 5) is 2.69. The van der Waals surface area contributed by atoms with Crippen molar-refractivity contribution < 1.29 is 4.74 Å². The van der Waals surface area contributed by atoms with Gasteiger partial charge in [-0.3, -0.25) is 4.90 Å². The number of hydrogen-bond donors (Lipinski definition) is 0. The van der Waals surface area contributed by atoms with Crippen molar-refractivity contribution in [3.05, 3.63) is 11.3 Å². The van der Waals surface area contributed by atoms with E-state index >= 15 is 0 Å². The van der Waals surface area contributed by atoms with Gasteiger partial charge in [0.05, 0.1) is 5.76 Å². The smallest absolute Gasteiger partial charge is 0.104 e. The van der Waals surface area contributed by atoms with Crippen molar-refractivity contribution in [1.29, 1.82) is 0 Å². The summed E-state index contributed by atoms with van der Waals surface area (Å²) in [6, 6.07) is 0.860. The lowest BCUT2D eigenvalue weighted by Gasteiger charge is -2.48. The summed E-state index contributed by atoms with van der Waals surface area (Å²) in [5, 5.41) is 0. The molecule has 3 aliphatic rings. The third-order valence-corrected chi connectivity index (χ3v) is 4.79. The van der Waals surface area contributed by atoms with E-state index in [-0.39, 0.29) is 5.60 Å². The lowest BCUT2D eigenvalue weighted by atomic mass is 9.75. The molecule has 0 aromatic carbocycles. The normalized spacial score (nSPS) is 37.1. The van der Waals surface area contributed by atoms with Crippen molar-refractivity contribution in [2.75, 3.05) is 13.1 Å². The SMILES string of the molecule is CC1=C2CN3CCCCC3CC2CC(C)(C)O1. The van der Waals surface area contributed by atoms with Crippen LogP contribution in [-0.2, 0) is 4.74 Å². The van der Waals surface area contributed by atoms with Gasteiger partial charge in [-0.25, -0.2) is 0 Å². The van der Waals surface area contributed by atoms with Crippen LogP contribution in [0.15, 0.2) is 11.3 Å². The van der Waals surface area contributed by atoms with Gasteiger partial charge >= 0.3 is 0 Å². The van der Waals surface area contributed by atoms with E-state index in [2.05, 4.69) is 25.7 Å². The molecule has 0 aromatic rings. The first-order valence-corrected chi connectivity index (χ1v) is 7.18. The van der Waals surface area contributed by atoms with Gasteiger partial charge in [0.2, 0.25) is 0 Å². The number of ether oxygens (including phenoxy) is 1. The molecular formula is C15H25NO. The Balaban J connectivity index is 1.84. The first kappa shape index (κ1) is 11.6. The monoisotopic (exact) mass is 235 g/mol. The molecule has 0 saturated carbocycles.